The summed E-state index contributed by atoms with van der Waals surface area (Å²) < 4.78 is 54.7. The van der Waals surface area contributed by atoms with Crippen molar-refractivity contribution in [2.24, 2.45) is 0 Å². The number of piperazine rings is 1. The van der Waals surface area contributed by atoms with Crippen molar-refractivity contribution in [3.63, 3.8) is 0 Å². The minimum absolute atomic E-state index is 0.00539. The Morgan fingerprint density at radius 2 is 2.07 bits per heavy atom. The molecule has 2 aliphatic rings. The van der Waals surface area contributed by atoms with Crippen LogP contribution in [0.5, 0.6) is 6.01 Å². The standard InChI is InChI=1S/C31H31ClF3N7O3/c1-16(33)30(43)42-7-6-41(14-19(42)3-5-36)29-26-25(38-31(39-29)45-15-20-9-17(34)13-40(20)2)12-22(21-4-8-44-28(21)26)23-10-18(37)11-24(35)27(23)32/h4,8,10-12,17,19-20,30,43H,1,3,6-7,9,13-15,37H2,2H3/t17-,19+,20+,30?/m1/s1. The number of fused-ring (bicyclic) bond motifs is 3. The normalized spacial score (nSPS) is 21.8. The topological polar surface area (TPSA) is 128 Å². The Morgan fingerprint density at radius 1 is 1.27 bits per heavy atom. The number of nitrogens with zero attached hydrogens (tertiary/aromatic N) is 6. The van der Waals surface area contributed by atoms with Gasteiger partial charge in [0.15, 0.2) is 6.23 Å². The Balaban J connectivity index is 1.49. The Morgan fingerprint density at radius 3 is 2.78 bits per heavy atom. The summed E-state index contributed by atoms with van der Waals surface area (Å²) in [6.07, 6.45) is -0.712. The Hall–Kier alpha value is -4.09. The fraction of sp³-hybridized carbons (Fsp3) is 0.387. The first-order valence-electron chi connectivity index (χ1n) is 14.4. The van der Waals surface area contributed by atoms with E-state index in [9.17, 15) is 23.5 Å². The van der Waals surface area contributed by atoms with E-state index in [2.05, 4.69) is 17.6 Å². The first-order valence-corrected chi connectivity index (χ1v) is 14.8. The second kappa shape index (κ2) is 12.4. The fourth-order valence-corrected chi connectivity index (χ4v) is 6.46. The van der Waals surface area contributed by atoms with E-state index < -0.39 is 30.1 Å². The lowest BCUT2D eigenvalue weighted by Crippen LogP contribution is -2.57. The molecule has 0 radical (unpaired) electrons. The van der Waals surface area contributed by atoms with Gasteiger partial charge in [0.25, 0.3) is 0 Å². The molecule has 0 aliphatic carbocycles. The predicted molar refractivity (Wildman–Crippen MR) is 165 cm³/mol. The Labute approximate surface area is 262 Å². The molecule has 3 N–H and O–H groups in total. The molecule has 45 heavy (non-hydrogen) atoms. The molecule has 6 rings (SSSR count). The van der Waals surface area contributed by atoms with Crippen molar-refractivity contribution < 1.29 is 27.4 Å². The number of likely N-dealkylation sites (N-methyl/N-ethyl adjacent to an activating group) is 1. The lowest BCUT2D eigenvalue weighted by molar-refractivity contribution is -0.0167. The first-order chi connectivity index (χ1) is 21.5. The second-order valence-corrected chi connectivity index (χ2v) is 11.8. The molecule has 2 saturated heterocycles. The van der Waals surface area contributed by atoms with Gasteiger partial charge in [-0.2, -0.15) is 15.2 Å². The zero-order valence-corrected chi connectivity index (χ0v) is 25.1. The highest BCUT2D eigenvalue weighted by atomic mass is 35.5. The van der Waals surface area contributed by atoms with E-state index in [4.69, 9.17) is 31.5 Å². The number of halogens is 4. The van der Waals surface area contributed by atoms with E-state index in [-0.39, 0.29) is 48.9 Å². The number of alkyl halides is 1. The number of anilines is 2. The highest BCUT2D eigenvalue weighted by molar-refractivity contribution is 6.34. The number of rotatable bonds is 8. The van der Waals surface area contributed by atoms with E-state index >= 15 is 0 Å². The van der Waals surface area contributed by atoms with Crippen LogP contribution in [0.4, 0.5) is 24.7 Å². The number of aromatic nitrogens is 2. The van der Waals surface area contributed by atoms with Gasteiger partial charge in [-0.15, -0.1) is 0 Å². The lowest BCUT2D eigenvalue weighted by atomic mass is 9.98. The molecule has 2 aromatic carbocycles. The van der Waals surface area contributed by atoms with Gasteiger partial charge in [-0.05, 0) is 43.3 Å². The third-order valence-electron chi connectivity index (χ3n) is 8.49. The minimum Gasteiger partial charge on any atom is -0.463 e. The highest BCUT2D eigenvalue weighted by Crippen LogP contribution is 2.43. The summed E-state index contributed by atoms with van der Waals surface area (Å²) in [4.78, 5) is 14.7. The molecular weight excluding hydrogens is 611 g/mol. The number of nitrogen functional groups attached to an aromatic ring is 1. The van der Waals surface area contributed by atoms with Gasteiger partial charge in [0.1, 0.15) is 35.8 Å². The number of ether oxygens (including phenoxy) is 1. The minimum atomic E-state index is -1.56. The summed E-state index contributed by atoms with van der Waals surface area (Å²) in [5, 5.41) is 21.0. The molecule has 0 spiro atoms. The van der Waals surface area contributed by atoms with Gasteiger partial charge in [0.2, 0.25) is 0 Å². The van der Waals surface area contributed by atoms with Crippen molar-refractivity contribution >= 4 is 45.0 Å². The predicted octanol–water partition coefficient (Wildman–Crippen LogP) is 5.04. The van der Waals surface area contributed by atoms with Gasteiger partial charge >= 0.3 is 6.01 Å². The summed E-state index contributed by atoms with van der Waals surface area (Å²) in [5.74, 6) is -1.17. The van der Waals surface area contributed by atoms with Gasteiger partial charge in [-0.3, -0.25) is 9.80 Å². The SMILES string of the molecule is C=C(F)C(O)N1CCN(c2nc(OC[C@@H]3C[C@@H](F)CN3C)nc3cc(-c4cc(N)cc(F)c4Cl)c4ccoc4c23)C[C@@H]1CC#N. The summed E-state index contributed by atoms with van der Waals surface area (Å²) in [5.41, 5.74) is 7.81. The van der Waals surface area contributed by atoms with Crippen LogP contribution in [-0.4, -0.2) is 89.2 Å². The number of aliphatic hydroxyl groups excluding tert-OH is 1. The van der Waals surface area contributed by atoms with E-state index in [1.54, 1.807) is 18.2 Å². The zero-order chi connectivity index (χ0) is 32.0. The maximum atomic E-state index is 14.7. The number of hydrogen-bond donors (Lipinski definition) is 2. The van der Waals surface area contributed by atoms with Gasteiger partial charge < -0.3 is 24.9 Å². The number of aliphatic hydroxyl groups is 1. The molecule has 1 unspecified atom stereocenters. The smallest absolute Gasteiger partial charge is 0.319 e. The van der Waals surface area contributed by atoms with Crippen LogP contribution in [0.1, 0.15) is 12.8 Å². The molecule has 236 valence electrons. The quantitative estimate of drug-likeness (QED) is 0.253. The number of likely N-dealkylation sites (tertiary alicyclic amines) is 1. The largest absolute Gasteiger partial charge is 0.463 e. The van der Waals surface area contributed by atoms with Crippen molar-refractivity contribution in [3.05, 3.63) is 53.8 Å². The Kier molecular flexibility index (Phi) is 8.49. The van der Waals surface area contributed by atoms with Crippen LogP contribution in [0.3, 0.4) is 0 Å². The molecule has 0 bridgehead atoms. The molecule has 0 amide bonds. The number of hydrogen-bond acceptors (Lipinski definition) is 10. The molecule has 0 saturated carbocycles. The first kappa shape index (κ1) is 30.9. The monoisotopic (exact) mass is 641 g/mol. The number of benzene rings is 2. The third-order valence-corrected chi connectivity index (χ3v) is 8.88. The molecule has 10 nitrogen and oxygen atoms in total. The van der Waals surface area contributed by atoms with Crippen LogP contribution in [0.25, 0.3) is 33.0 Å². The summed E-state index contributed by atoms with van der Waals surface area (Å²) in [7, 11) is 1.82. The van der Waals surface area contributed by atoms with Gasteiger partial charge in [0, 0.05) is 54.9 Å². The average molecular weight is 642 g/mol. The van der Waals surface area contributed by atoms with Crippen LogP contribution < -0.4 is 15.4 Å². The van der Waals surface area contributed by atoms with Gasteiger partial charge in [0.05, 0.1) is 34.7 Å². The highest BCUT2D eigenvalue weighted by Gasteiger charge is 2.35. The van der Waals surface area contributed by atoms with E-state index in [1.165, 1.54) is 11.2 Å². The molecule has 2 aliphatic heterocycles. The van der Waals surface area contributed by atoms with Crippen LogP contribution in [0, 0.1) is 17.1 Å². The van der Waals surface area contributed by atoms with E-state index in [0.29, 0.717) is 58.3 Å². The molecule has 2 fully saturated rings. The Bertz CT molecular complexity index is 1820. The van der Waals surface area contributed by atoms with E-state index in [1.807, 2.05) is 16.8 Å². The molecule has 14 heteroatoms. The maximum absolute atomic E-state index is 14.7. The number of nitrogens with two attached hydrogens (primary N) is 1. The van der Waals surface area contributed by atoms with Crippen LogP contribution in [0.2, 0.25) is 5.02 Å². The average Bonchev–Trinajstić information content (AvgIpc) is 3.62. The molecule has 2 aromatic heterocycles. The summed E-state index contributed by atoms with van der Waals surface area (Å²) in [6, 6.07) is 7.54. The van der Waals surface area contributed by atoms with Crippen molar-refractivity contribution in [3.8, 4) is 23.2 Å². The van der Waals surface area contributed by atoms with Crippen LogP contribution >= 0.6 is 11.6 Å². The fourth-order valence-electron chi connectivity index (χ4n) is 6.25. The van der Waals surface area contributed by atoms with Crippen LogP contribution in [0.15, 0.2) is 47.4 Å². The number of nitriles is 1. The van der Waals surface area contributed by atoms with Crippen molar-refractivity contribution in [2.45, 2.75) is 37.3 Å². The maximum Gasteiger partial charge on any atom is 0.319 e. The number of furan rings is 1. The van der Waals surface area contributed by atoms with Crippen molar-refractivity contribution in [1.29, 1.82) is 5.26 Å². The van der Waals surface area contributed by atoms with E-state index in [0.717, 1.165) is 6.07 Å². The second-order valence-electron chi connectivity index (χ2n) is 11.4. The zero-order valence-electron chi connectivity index (χ0n) is 24.4. The molecule has 4 heterocycles. The molecular formula is C31H31ClF3N7O3. The third kappa shape index (κ3) is 5.86. The lowest BCUT2D eigenvalue weighted by Gasteiger charge is -2.43. The molecule has 4 atom stereocenters. The van der Waals surface area contributed by atoms with Crippen molar-refractivity contribution in [1.82, 2.24) is 19.8 Å². The van der Waals surface area contributed by atoms with Gasteiger partial charge in [-0.1, -0.05) is 18.2 Å². The van der Waals surface area contributed by atoms with Gasteiger partial charge in [-0.25, -0.2) is 13.2 Å². The molecule has 4 aromatic rings. The van der Waals surface area contributed by atoms with Crippen molar-refractivity contribution in [2.75, 3.05) is 50.5 Å². The van der Waals surface area contributed by atoms with Crippen LogP contribution in [-0.2, 0) is 0 Å². The summed E-state index contributed by atoms with van der Waals surface area (Å²) >= 11 is 6.41. The summed E-state index contributed by atoms with van der Waals surface area (Å²) in [6.45, 7) is 4.36.